The number of carbonyl (C=O) groups excluding carboxylic acids is 1. The number of carbonyl (C=O) groups is 1. The van der Waals surface area contributed by atoms with Crippen molar-refractivity contribution in [2.75, 3.05) is 6.54 Å². The maximum atomic E-state index is 11.6. The van der Waals surface area contributed by atoms with E-state index in [1.54, 1.807) is 13.0 Å². The summed E-state index contributed by atoms with van der Waals surface area (Å²) in [5.41, 5.74) is 3.87. The van der Waals surface area contributed by atoms with Gasteiger partial charge in [-0.15, -0.1) is 0 Å². The topological polar surface area (TPSA) is 71.5 Å². The molecule has 0 aliphatic rings. The van der Waals surface area contributed by atoms with Gasteiger partial charge in [0, 0.05) is 6.54 Å². The summed E-state index contributed by atoms with van der Waals surface area (Å²) in [7, 11) is 0. The second kappa shape index (κ2) is 7.06. The number of amides is 1. The van der Waals surface area contributed by atoms with E-state index in [4.69, 9.17) is 10.3 Å². The van der Waals surface area contributed by atoms with Gasteiger partial charge in [-0.05, 0) is 25.1 Å². The van der Waals surface area contributed by atoms with Crippen molar-refractivity contribution in [2.24, 2.45) is 5.84 Å². The number of benzene rings is 1. The van der Waals surface area contributed by atoms with Gasteiger partial charge in [0.1, 0.15) is 11.5 Å². The number of nitrogens with two attached hydrogens (primary N) is 1. The Hall–Kier alpha value is -2.11. The Labute approximate surface area is 124 Å². The fourth-order valence-corrected chi connectivity index (χ4v) is 2.27. The lowest BCUT2D eigenvalue weighted by molar-refractivity contribution is 0.0952. The largest absolute Gasteiger partial charge is 0.464 e. The van der Waals surface area contributed by atoms with Gasteiger partial charge in [-0.3, -0.25) is 15.1 Å². The number of hydrazine groups is 1. The molecule has 1 aromatic heterocycles. The first-order valence-electron chi connectivity index (χ1n) is 7.00. The van der Waals surface area contributed by atoms with Crippen LogP contribution in [-0.2, 0) is 13.1 Å². The minimum Gasteiger partial charge on any atom is -0.464 e. The van der Waals surface area contributed by atoms with Crippen molar-refractivity contribution < 1.29 is 9.21 Å². The van der Waals surface area contributed by atoms with Gasteiger partial charge in [-0.1, -0.05) is 37.3 Å². The molecule has 1 heterocycles. The van der Waals surface area contributed by atoms with Crippen molar-refractivity contribution in [2.45, 2.75) is 26.9 Å². The molecule has 0 atom stereocenters. The zero-order valence-corrected chi connectivity index (χ0v) is 12.4. The van der Waals surface area contributed by atoms with Crippen LogP contribution in [0.25, 0.3) is 0 Å². The van der Waals surface area contributed by atoms with E-state index in [0.717, 1.165) is 18.8 Å². The highest BCUT2D eigenvalue weighted by molar-refractivity contribution is 5.94. The smallest absolute Gasteiger partial charge is 0.268 e. The summed E-state index contributed by atoms with van der Waals surface area (Å²) in [6.45, 7) is 6.26. The van der Waals surface area contributed by atoms with E-state index >= 15 is 0 Å². The first-order valence-corrected chi connectivity index (χ1v) is 7.00. The summed E-state index contributed by atoms with van der Waals surface area (Å²) in [5.74, 6) is 6.19. The third-order valence-electron chi connectivity index (χ3n) is 3.42. The summed E-state index contributed by atoms with van der Waals surface area (Å²) < 4.78 is 5.65. The molecule has 0 fully saturated rings. The molecule has 112 valence electrons. The number of nitrogens with zero attached hydrogens (tertiary/aromatic N) is 1. The molecule has 1 aromatic carbocycles. The molecule has 0 unspecified atom stereocenters. The van der Waals surface area contributed by atoms with Crippen LogP contribution in [0.5, 0.6) is 0 Å². The van der Waals surface area contributed by atoms with E-state index in [9.17, 15) is 4.79 Å². The quantitative estimate of drug-likeness (QED) is 0.485. The van der Waals surface area contributed by atoms with Gasteiger partial charge in [-0.2, -0.15) is 0 Å². The minimum absolute atomic E-state index is 0.325. The Morgan fingerprint density at radius 1 is 1.29 bits per heavy atom. The Morgan fingerprint density at radius 2 is 2.00 bits per heavy atom. The van der Waals surface area contributed by atoms with Gasteiger partial charge in [0.15, 0.2) is 0 Å². The van der Waals surface area contributed by atoms with Crippen LogP contribution in [0.3, 0.4) is 0 Å². The summed E-state index contributed by atoms with van der Waals surface area (Å²) in [4.78, 5) is 13.8. The van der Waals surface area contributed by atoms with Crippen molar-refractivity contribution in [3.63, 3.8) is 0 Å². The van der Waals surface area contributed by atoms with Crippen LogP contribution in [0.15, 0.2) is 40.8 Å². The van der Waals surface area contributed by atoms with Crippen molar-refractivity contribution in [3.05, 3.63) is 59.0 Å². The highest BCUT2D eigenvalue weighted by Crippen LogP contribution is 2.17. The second-order valence-electron chi connectivity index (χ2n) is 4.94. The number of nitrogens with one attached hydrogen (secondary N) is 1. The summed E-state index contributed by atoms with van der Waals surface area (Å²) >= 11 is 0. The number of rotatable bonds is 6. The lowest BCUT2D eigenvalue weighted by Gasteiger charge is -2.19. The van der Waals surface area contributed by atoms with Gasteiger partial charge >= 0.3 is 0 Å². The summed E-state index contributed by atoms with van der Waals surface area (Å²) in [5, 5.41) is 0. The fraction of sp³-hybridized carbons (Fsp3) is 0.312. The molecule has 2 aromatic rings. The molecule has 3 N–H and O–H groups in total. The second-order valence-corrected chi connectivity index (χ2v) is 4.94. The molecular weight excluding hydrogens is 266 g/mol. The van der Waals surface area contributed by atoms with Crippen LogP contribution in [0, 0.1) is 6.92 Å². The highest BCUT2D eigenvalue weighted by atomic mass is 16.3. The molecule has 0 saturated carbocycles. The van der Waals surface area contributed by atoms with Crippen molar-refractivity contribution >= 4 is 5.91 Å². The molecule has 0 saturated heterocycles. The normalized spacial score (nSPS) is 10.9. The molecule has 0 bridgehead atoms. The van der Waals surface area contributed by atoms with Gasteiger partial charge in [0.25, 0.3) is 5.91 Å². The van der Waals surface area contributed by atoms with Crippen LogP contribution >= 0.6 is 0 Å². The Bertz CT molecular complexity index is 593. The predicted molar refractivity (Wildman–Crippen MR) is 81.3 cm³/mol. The van der Waals surface area contributed by atoms with Crippen LogP contribution < -0.4 is 11.3 Å². The number of hydrogen-bond donors (Lipinski definition) is 2. The van der Waals surface area contributed by atoms with Gasteiger partial charge in [0.2, 0.25) is 0 Å². The molecule has 0 aliphatic heterocycles. The van der Waals surface area contributed by atoms with Crippen LogP contribution in [0.4, 0.5) is 0 Å². The third-order valence-corrected chi connectivity index (χ3v) is 3.42. The zero-order valence-electron chi connectivity index (χ0n) is 12.4. The van der Waals surface area contributed by atoms with Crippen molar-refractivity contribution in [1.29, 1.82) is 0 Å². The molecule has 0 aliphatic carbocycles. The van der Waals surface area contributed by atoms with Crippen LogP contribution in [0.1, 0.15) is 34.4 Å². The summed E-state index contributed by atoms with van der Waals surface area (Å²) in [6, 6.07) is 12.0. The molecule has 0 radical (unpaired) electrons. The minimum atomic E-state index is -0.325. The first kappa shape index (κ1) is 15.3. The van der Waals surface area contributed by atoms with E-state index in [1.807, 2.05) is 18.2 Å². The predicted octanol–water partition coefficient (Wildman–Crippen LogP) is 2.21. The van der Waals surface area contributed by atoms with Crippen LogP contribution in [-0.4, -0.2) is 17.4 Å². The average Bonchev–Trinajstić information content (AvgIpc) is 2.87. The van der Waals surface area contributed by atoms with E-state index < -0.39 is 0 Å². The molecule has 5 nitrogen and oxygen atoms in total. The number of furan rings is 1. The van der Waals surface area contributed by atoms with Gasteiger partial charge in [0.05, 0.1) is 12.1 Å². The third kappa shape index (κ3) is 3.93. The standard InChI is InChI=1S/C16H21N3O2/c1-3-19(10-13-7-5-4-6-8-13)11-14-9-15(12(2)21-14)16(20)18-17/h4-9H,3,10-11,17H2,1-2H3,(H,18,20). The number of nitrogen functional groups attached to an aromatic ring is 1. The molecular formula is C16H21N3O2. The van der Waals surface area contributed by atoms with Crippen molar-refractivity contribution in [1.82, 2.24) is 10.3 Å². The highest BCUT2D eigenvalue weighted by Gasteiger charge is 2.15. The average molecular weight is 287 g/mol. The molecule has 2 rings (SSSR count). The Balaban J connectivity index is 2.07. The fourth-order valence-electron chi connectivity index (χ4n) is 2.27. The zero-order chi connectivity index (χ0) is 15.2. The maximum absolute atomic E-state index is 11.6. The van der Waals surface area contributed by atoms with Crippen LogP contribution in [0.2, 0.25) is 0 Å². The molecule has 0 spiro atoms. The van der Waals surface area contributed by atoms with Gasteiger partial charge < -0.3 is 4.42 Å². The Morgan fingerprint density at radius 3 is 2.62 bits per heavy atom. The molecule has 21 heavy (non-hydrogen) atoms. The van der Waals surface area contributed by atoms with Crippen molar-refractivity contribution in [3.8, 4) is 0 Å². The lowest BCUT2D eigenvalue weighted by atomic mass is 10.2. The van der Waals surface area contributed by atoms with E-state index in [-0.39, 0.29) is 5.91 Å². The molecule has 1 amide bonds. The molecule has 5 heteroatoms. The SMILES string of the molecule is CCN(Cc1ccccc1)Cc1cc(C(=O)NN)c(C)o1. The number of hydrogen-bond acceptors (Lipinski definition) is 4. The lowest BCUT2D eigenvalue weighted by Crippen LogP contribution is -2.30. The first-order chi connectivity index (χ1) is 10.1. The van der Waals surface area contributed by atoms with E-state index in [1.165, 1.54) is 5.56 Å². The van der Waals surface area contributed by atoms with E-state index in [2.05, 4.69) is 29.4 Å². The van der Waals surface area contributed by atoms with Gasteiger partial charge in [-0.25, -0.2) is 5.84 Å². The maximum Gasteiger partial charge on any atom is 0.268 e. The monoisotopic (exact) mass is 287 g/mol. The Kier molecular flexibility index (Phi) is 5.14. The number of aryl methyl sites for hydroxylation is 1. The van der Waals surface area contributed by atoms with E-state index in [0.29, 0.717) is 17.9 Å². The summed E-state index contributed by atoms with van der Waals surface area (Å²) in [6.07, 6.45) is 0.